The van der Waals surface area contributed by atoms with Crippen LogP contribution in [0.2, 0.25) is 0 Å². The average molecular weight is 342 g/mol. The standard InChI is InChI=1S/C15H19FN2O6/c1-9(24-15(23)17-10-5-3-2-4-6-10)14(22)18-11(7-13(20)21)12(19)8-16/h2-6,9,11-12,19H,7-8H2,1H3,(H,17,23)(H,18,22)(H,20,21)/t9-,11?,12?/m0/s1. The molecule has 8 nitrogen and oxygen atoms in total. The molecule has 0 heterocycles. The molecular formula is C15H19FN2O6. The van der Waals surface area contributed by atoms with Gasteiger partial charge in [-0.2, -0.15) is 0 Å². The predicted molar refractivity (Wildman–Crippen MR) is 82.2 cm³/mol. The molecule has 4 N–H and O–H groups in total. The number of ether oxygens (including phenoxy) is 1. The van der Waals surface area contributed by atoms with Crippen molar-refractivity contribution < 1.29 is 33.7 Å². The van der Waals surface area contributed by atoms with Gasteiger partial charge in [-0.15, -0.1) is 0 Å². The number of aliphatic carboxylic acids is 1. The van der Waals surface area contributed by atoms with Crippen molar-refractivity contribution in [3.05, 3.63) is 30.3 Å². The smallest absolute Gasteiger partial charge is 0.412 e. The highest BCUT2D eigenvalue weighted by Crippen LogP contribution is 2.07. The Bertz CT molecular complexity index is 568. The van der Waals surface area contributed by atoms with E-state index in [0.29, 0.717) is 5.69 Å². The third-order valence-electron chi connectivity index (χ3n) is 3.02. The number of alkyl halides is 1. The molecule has 0 saturated carbocycles. The summed E-state index contributed by atoms with van der Waals surface area (Å²) in [5.74, 6) is -2.17. The molecule has 0 bridgehead atoms. The summed E-state index contributed by atoms with van der Waals surface area (Å²) in [6, 6.07) is 7.05. The maximum absolute atomic E-state index is 12.5. The summed E-state index contributed by atoms with van der Waals surface area (Å²) >= 11 is 0. The number of benzene rings is 1. The van der Waals surface area contributed by atoms with E-state index in [1.807, 2.05) is 0 Å². The molecule has 0 saturated heterocycles. The van der Waals surface area contributed by atoms with Crippen LogP contribution in [0, 0.1) is 0 Å². The zero-order chi connectivity index (χ0) is 18.1. The summed E-state index contributed by atoms with van der Waals surface area (Å²) in [6.45, 7) is 0.0432. The second kappa shape index (κ2) is 9.46. The summed E-state index contributed by atoms with van der Waals surface area (Å²) in [5, 5.41) is 22.7. The van der Waals surface area contributed by atoms with Gasteiger partial charge < -0.3 is 20.3 Å². The van der Waals surface area contributed by atoms with E-state index < -0.39 is 49.3 Å². The molecule has 0 aliphatic heterocycles. The molecule has 1 rings (SSSR count). The molecule has 0 aromatic heterocycles. The highest BCUT2D eigenvalue weighted by Gasteiger charge is 2.27. The van der Waals surface area contributed by atoms with Crippen LogP contribution in [0.1, 0.15) is 13.3 Å². The van der Waals surface area contributed by atoms with Crippen LogP contribution in [0.4, 0.5) is 14.9 Å². The normalized spacial score (nSPS) is 14.1. The zero-order valence-corrected chi connectivity index (χ0v) is 12.9. The lowest BCUT2D eigenvalue weighted by Crippen LogP contribution is -2.49. The molecular weight excluding hydrogens is 323 g/mol. The van der Waals surface area contributed by atoms with E-state index in [4.69, 9.17) is 9.84 Å². The maximum Gasteiger partial charge on any atom is 0.412 e. The molecule has 0 aliphatic carbocycles. The van der Waals surface area contributed by atoms with E-state index in [0.717, 1.165) is 0 Å². The van der Waals surface area contributed by atoms with Gasteiger partial charge in [0.1, 0.15) is 12.8 Å². The molecule has 2 amide bonds. The van der Waals surface area contributed by atoms with Crippen molar-refractivity contribution in [2.75, 3.05) is 12.0 Å². The van der Waals surface area contributed by atoms with E-state index in [9.17, 15) is 23.9 Å². The fourth-order valence-electron chi connectivity index (χ4n) is 1.76. The molecule has 1 aromatic rings. The Kier molecular flexibility index (Phi) is 7.63. The Hall–Kier alpha value is -2.68. The van der Waals surface area contributed by atoms with Crippen LogP contribution >= 0.6 is 0 Å². The van der Waals surface area contributed by atoms with Gasteiger partial charge in [-0.05, 0) is 19.1 Å². The topological polar surface area (TPSA) is 125 Å². The number of carboxylic acids is 1. The number of rotatable bonds is 8. The van der Waals surface area contributed by atoms with Crippen LogP contribution in [0.25, 0.3) is 0 Å². The van der Waals surface area contributed by atoms with Crippen molar-refractivity contribution in [3.63, 3.8) is 0 Å². The molecule has 0 radical (unpaired) electrons. The summed E-state index contributed by atoms with van der Waals surface area (Å²) in [5.41, 5.74) is 0.465. The van der Waals surface area contributed by atoms with Gasteiger partial charge >= 0.3 is 12.1 Å². The van der Waals surface area contributed by atoms with Crippen LogP contribution in [-0.2, 0) is 14.3 Å². The van der Waals surface area contributed by atoms with Crippen molar-refractivity contribution in [1.82, 2.24) is 5.32 Å². The third-order valence-corrected chi connectivity index (χ3v) is 3.02. The Morgan fingerprint density at radius 3 is 2.42 bits per heavy atom. The highest BCUT2D eigenvalue weighted by atomic mass is 19.1. The minimum atomic E-state index is -1.67. The number of carboxylic acid groups (broad SMARTS) is 1. The van der Waals surface area contributed by atoms with Crippen LogP contribution in [0.3, 0.4) is 0 Å². The first-order chi connectivity index (χ1) is 11.3. The Morgan fingerprint density at radius 1 is 1.25 bits per heavy atom. The number of anilines is 1. The SMILES string of the molecule is C[C@H](OC(=O)Nc1ccccc1)C(=O)NC(CC(=O)O)C(O)CF. The highest BCUT2D eigenvalue weighted by molar-refractivity contribution is 5.88. The lowest BCUT2D eigenvalue weighted by atomic mass is 10.1. The number of hydrogen-bond donors (Lipinski definition) is 4. The van der Waals surface area contributed by atoms with E-state index in [-0.39, 0.29) is 0 Å². The number of hydrogen-bond acceptors (Lipinski definition) is 5. The number of para-hydroxylation sites is 1. The fourth-order valence-corrected chi connectivity index (χ4v) is 1.76. The molecule has 132 valence electrons. The van der Waals surface area contributed by atoms with Gasteiger partial charge in [0, 0.05) is 5.69 Å². The monoisotopic (exact) mass is 342 g/mol. The van der Waals surface area contributed by atoms with Gasteiger partial charge in [-0.1, -0.05) is 18.2 Å². The maximum atomic E-state index is 12.5. The molecule has 9 heteroatoms. The van der Waals surface area contributed by atoms with E-state index >= 15 is 0 Å². The van der Waals surface area contributed by atoms with Gasteiger partial charge in [0.05, 0.1) is 12.5 Å². The van der Waals surface area contributed by atoms with Gasteiger partial charge in [0.15, 0.2) is 6.10 Å². The molecule has 0 aliphatic rings. The molecule has 2 unspecified atom stereocenters. The van der Waals surface area contributed by atoms with Gasteiger partial charge in [-0.25, -0.2) is 9.18 Å². The minimum absolute atomic E-state index is 0.465. The van der Waals surface area contributed by atoms with Crippen molar-refractivity contribution >= 4 is 23.7 Å². The number of halogens is 1. The van der Waals surface area contributed by atoms with Crippen LogP contribution in [-0.4, -0.2) is 53.1 Å². The number of carbonyl (C=O) groups excluding carboxylic acids is 2. The Labute approximate surface area is 137 Å². The third kappa shape index (κ3) is 6.61. The van der Waals surface area contributed by atoms with Crippen molar-refractivity contribution in [3.8, 4) is 0 Å². The van der Waals surface area contributed by atoms with Crippen LogP contribution in [0.5, 0.6) is 0 Å². The number of amides is 2. The minimum Gasteiger partial charge on any atom is -0.481 e. The largest absolute Gasteiger partial charge is 0.481 e. The summed E-state index contributed by atoms with van der Waals surface area (Å²) < 4.78 is 17.4. The summed E-state index contributed by atoms with van der Waals surface area (Å²) in [4.78, 5) is 34.2. The summed E-state index contributed by atoms with van der Waals surface area (Å²) in [7, 11) is 0. The molecule has 24 heavy (non-hydrogen) atoms. The molecule has 1 aromatic carbocycles. The first-order valence-electron chi connectivity index (χ1n) is 7.12. The van der Waals surface area contributed by atoms with Crippen LogP contribution in [0.15, 0.2) is 30.3 Å². The second-order valence-corrected chi connectivity index (χ2v) is 4.97. The first kappa shape index (κ1) is 19.4. The van der Waals surface area contributed by atoms with Gasteiger partial charge in [0.2, 0.25) is 0 Å². The van der Waals surface area contributed by atoms with E-state index in [1.54, 1.807) is 30.3 Å². The van der Waals surface area contributed by atoms with Crippen molar-refractivity contribution in [2.45, 2.75) is 31.6 Å². The number of nitrogens with one attached hydrogen (secondary N) is 2. The quantitative estimate of drug-likeness (QED) is 0.557. The lowest BCUT2D eigenvalue weighted by molar-refractivity contribution is -0.139. The number of aliphatic hydroxyl groups is 1. The first-order valence-corrected chi connectivity index (χ1v) is 7.12. The van der Waals surface area contributed by atoms with Gasteiger partial charge in [-0.3, -0.25) is 14.9 Å². The average Bonchev–Trinajstić information content (AvgIpc) is 2.53. The van der Waals surface area contributed by atoms with Gasteiger partial charge in [0.25, 0.3) is 5.91 Å². The van der Waals surface area contributed by atoms with Crippen LogP contribution < -0.4 is 10.6 Å². The number of carbonyl (C=O) groups is 3. The number of aliphatic hydroxyl groups excluding tert-OH is 1. The predicted octanol–water partition coefficient (Wildman–Crippen LogP) is 0.913. The zero-order valence-electron chi connectivity index (χ0n) is 12.9. The second-order valence-electron chi connectivity index (χ2n) is 4.97. The fraction of sp³-hybridized carbons (Fsp3) is 0.400. The van der Waals surface area contributed by atoms with E-state index in [2.05, 4.69) is 10.6 Å². The van der Waals surface area contributed by atoms with Crippen molar-refractivity contribution in [1.29, 1.82) is 0 Å². The van der Waals surface area contributed by atoms with E-state index in [1.165, 1.54) is 6.92 Å². The Morgan fingerprint density at radius 2 is 1.88 bits per heavy atom. The Balaban J connectivity index is 2.55. The molecule has 0 fully saturated rings. The summed E-state index contributed by atoms with van der Waals surface area (Å²) in [6.07, 6.45) is -4.49. The molecule has 0 spiro atoms. The van der Waals surface area contributed by atoms with Crippen molar-refractivity contribution in [2.24, 2.45) is 0 Å². The lowest BCUT2D eigenvalue weighted by Gasteiger charge is -2.22. The molecule has 3 atom stereocenters.